The van der Waals surface area contributed by atoms with Gasteiger partial charge in [0.15, 0.2) is 0 Å². The number of likely N-dealkylation sites (tertiary alicyclic amines) is 1. The van der Waals surface area contributed by atoms with Crippen molar-refractivity contribution in [1.82, 2.24) is 10.2 Å². The van der Waals surface area contributed by atoms with E-state index in [-0.39, 0.29) is 24.0 Å². The first-order valence-corrected chi connectivity index (χ1v) is 9.74. The molecule has 1 fully saturated rings. The van der Waals surface area contributed by atoms with Crippen molar-refractivity contribution in [2.75, 3.05) is 6.54 Å². The minimum absolute atomic E-state index is 0.0899. The van der Waals surface area contributed by atoms with Crippen LogP contribution in [0.25, 0.3) is 0 Å². The predicted octanol–water partition coefficient (Wildman–Crippen LogP) is 0.718. The molecule has 1 aromatic carbocycles. The van der Waals surface area contributed by atoms with Crippen LogP contribution in [0.15, 0.2) is 24.3 Å². The molecule has 7 nitrogen and oxygen atoms in total. The fraction of sp³-hybridized carbons (Fsp3) is 0.500. The van der Waals surface area contributed by atoms with Crippen LogP contribution in [0.4, 0.5) is 0 Å². The molecule has 26 heavy (non-hydrogen) atoms. The van der Waals surface area contributed by atoms with E-state index in [0.717, 1.165) is 6.42 Å². The molecule has 1 aliphatic heterocycles. The third kappa shape index (κ3) is 4.99. The Kier molecular flexibility index (Phi) is 7.05. The molecule has 1 heterocycles. The van der Waals surface area contributed by atoms with Gasteiger partial charge >= 0.3 is 149 Å². The number of phenols is 1. The number of nitrogens with zero attached hydrogens (tertiary/aromatic N) is 1. The van der Waals surface area contributed by atoms with Crippen LogP contribution in [0.3, 0.4) is 0 Å². The second kappa shape index (κ2) is 9.05. The summed E-state index contributed by atoms with van der Waals surface area (Å²) in [7, 11) is 0. The molecule has 1 aromatic rings. The molecule has 2 rings (SSSR count). The summed E-state index contributed by atoms with van der Waals surface area (Å²) in [6.07, 6.45) is 1.35. The monoisotopic (exact) mass is 427 g/mol. The molecule has 1 aliphatic rings. The van der Waals surface area contributed by atoms with Crippen molar-refractivity contribution in [3.8, 4) is 5.75 Å². The Balaban J connectivity index is 2.05. The van der Waals surface area contributed by atoms with E-state index in [0.29, 0.717) is 23.8 Å². The number of benzene rings is 1. The summed E-state index contributed by atoms with van der Waals surface area (Å²) in [6.45, 7) is 2.31. The zero-order valence-corrected chi connectivity index (χ0v) is 16.3. The minimum atomic E-state index is -1.14. The summed E-state index contributed by atoms with van der Waals surface area (Å²) in [6, 6.07) is 4.44. The number of hydrogen-bond donors (Lipinski definition) is 3. The molecule has 3 N–H and O–H groups in total. The molecule has 3 atom stereocenters. The molecule has 0 aliphatic carbocycles. The Morgan fingerprint density at radius 1 is 1.31 bits per heavy atom. The third-order valence-corrected chi connectivity index (χ3v) is 5.55. The summed E-state index contributed by atoms with van der Waals surface area (Å²) in [4.78, 5) is 38.1. The van der Waals surface area contributed by atoms with Gasteiger partial charge in [0, 0.05) is 0 Å². The van der Waals surface area contributed by atoms with Gasteiger partial charge in [-0.25, -0.2) is 0 Å². The molecular formula is C18H23N2O5Se. The van der Waals surface area contributed by atoms with E-state index < -0.39 is 24.0 Å². The maximum atomic E-state index is 12.6. The summed E-state index contributed by atoms with van der Waals surface area (Å²) in [5, 5.41) is 21.9. The second-order valence-corrected chi connectivity index (χ2v) is 7.23. The van der Waals surface area contributed by atoms with Gasteiger partial charge in [-0.3, -0.25) is 0 Å². The number of aromatic hydroxyl groups is 1. The van der Waals surface area contributed by atoms with E-state index in [4.69, 9.17) is 0 Å². The van der Waals surface area contributed by atoms with E-state index in [2.05, 4.69) is 21.3 Å². The molecular weight excluding hydrogens is 403 g/mol. The quantitative estimate of drug-likeness (QED) is 0.557. The Morgan fingerprint density at radius 2 is 1.96 bits per heavy atom. The molecule has 1 saturated heterocycles. The average Bonchev–Trinajstić information content (AvgIpc) is 3.11. The van der Waals surface area contributed by atoms with Gasteiger partial charge in [0.05, 0.1) is 0 Å². The van der Waals surface area contributed by atoms with Crippen molar-refractivity contribution in [2.45, 2.75) is 43.6 Å². The van der Waals surface area contributed by atoms with Gasteiger partial charge in [0.2, 0.25) is 0 Å². The van der Waals surface area contributed by atoms with E-state index in [1.165, 1.54) is 12.1 Å². The second-order valence-electron chi connectivity index (χ2n) is 6.53. The van der Waals surface area contributed by atoms with Gasteiger partial charge in [-0.05, 0) is 0 Å². The number of carboxylic acid groups (broad SMARTS) is 1. The van der Waals surface area contributed by atoms with E-state index in [1.54, 1.807) is 24.0 Å². The molecule has 141 valence electrons. The Bertz CT molecular complexity index is 664. The zero-order valence-electron chi connectivity index (χ0n) is 14.6. The van der Waals surface area contributed by atoms with Gasteiger partial charge < -0.3 is 5.11 Å². The number of amides is 2. The number of nitrogens with one attached hydrogen (secondary N) is 1. The van der Waals surface area contributed by atoms with Crippen LogP contribution < -0.4 is 5.32 Å². The standard InChI is InChI=1S/C18H23N2O5Se/c1-11(10-26)17(23)20-8-2-3-15(20)16(22)19-14(18(24)25)9-12-4-6-13(21)7-5-12/h4-7,11,14-15,21H,2-3,8-10H2,1H3,(H,19,22)(H,24,25)/t11-,14+,15+/m1/s1. The SMILES string of the molecule is C[C@H](C[Se])C(=O)N1CCC[C@H]1C(=O)N[C@@H](Cc1ccc(O)cc1)C(=O)O. The van der Waals surface area contributed by atoms with Crippen molar-refractivity contribution >= 4 is 33.8 Å². The molecule has 0 bridgehead atoms. The fourth-order valence-electron chi connectivity index (χ4n) is 2.99. The Labute approximate surface area is 160 Å². The Hall–Kier alpha value is -2.05. The van der Waals surface area contributed by atoms with E-state index >= 15 is 0 Å². The molecule has 1 radical (unpaired) electrons. The third-order valence-electron chi connectivity index (χ3n) is 4.50. The molecule has 0 aromatic heterocycles. The molecule has 0 unspecified atom stereocenters. The van der Waals surface area contributed by atoms with Crippen LogP contribution >= 0.6 is 0 Å². The van der Waals surface area contributed by atoms with Crippen molar-refractivity contribution in [3.05, 3.63) is 29.8 Å². The summed E-state index contributed by atoms with van der Waals surface area (Å²) >= 11 is 2.83. The number of aliphatic carboxylic acids is 1. The van der Waals surface area contributed by atoms with Crippen LogP contribution in [0.2, 0.25) is 5.32 Å². The predicted molar refractivity (Wildman–Crippen MR) is 95.8 cm³/mol. The van der Waals surface area contributed by atoms with Crippen LogP contribution in [0.5, 0.6) is 5.75 Å². The van der Waals surface area contributed by atoms with Crippen LogP contribution in [-0.4, -0.2) is 67.5 Å². The van der Waals surface area contributed by atoms with E-state index in [1.807, 2.05) is 0 Å². The van der Waals surface area contributed by atoms with Gasteiger partial charge in [-0.15, -0.1) is 0 Å². The first-order valence-electron chi connectivity index (χ1n) is 8.53. The van der Waals surface area contributed by atoms with Gasteiger partial charge in [0.25, 0.3) is 0 Å². The van der Waals surface area contributed by atoms with E-state index in [9.17, 15) is 24.6 Å². The first kappa shape index (κ1) is 20.3. The first-order chi connectivity index (χ1) is 12.3. The van der Waals surface area contributed by atoms with Crippen molar-refractivity contribution in [1.29, 1.82) is 0 Å². The Morgan fingerprint density at radius 3 is 2.54 bits per heavy atom. The maximum absolute atomic E-state index is 12.6. The molecule has 0 spiro atoms. The average molecular weight is 426 g/mol. The molecule has 8 heteroatoms. The number of carbonyl (C=O) groups is 3. The normalized spacial score (nSPS) is 19.0. The van der Waals surface area contributed by atoms with Gasteiger partial charge in [-0.1, -0.05) is 0 Å². The molecule has 2 amide bonds. The number of carboxylic acids is 1. The van der Waals surface area contributed by atoms with Crippen molar-refractivity contribution in [3.63, 3.8) is 0 Å². The summed E-state index contributed by atoms with van der Waals surface area (Å²) in [5.74, 6) is -1.79. The number of hydrogen-bond acceptors (Lipinski definition) is 4. The van der Waals surface area contributed by atoms with Crippen molar-refractivity contribution < 1.29 is 24.6 Å². The van der Waals surface area contributed by atoms with Crippen LogP contribution in [0, 0.1) is 5.92 Å². The number of carbonyl (C=O) groups excluding carboxylic acids is 2. The summed E-state index contributed by atoms with van der Waals surface area (Å²) in [5.41, 5.74) is 0.685. The molecule has 0 saturated carbocycles. The number of phenolic OH excluding ortho intramolecular Hbond substituents is 1. The summed E-state index contributed by atoms with van der Waals surface area (Å²) < 4.78 is 0. The fourth-order valence-corrected chi connectivity index (χ4v) is 3.29. The van der Waals surface area contributed by atoms with Gasteiger partial charge in [0.1, 0.15) is 5.75 Å². The van der Waals surface area contributed by atoms with Crippen LogP contribution in [0.1, 0.15) is 25.3 Å². The topological polar surface area (TPSA) is 107 Å². The van der Waals surface area contributed by atoms with Crippen LogP contribution in [-0.2, 0) is 20.8 Å². The van der Waals surface area contributed by atoms with Crippen molar-refractivity contribution in [2.24, 2.45) is 5.92 Å². The number of rotatable bonds is 7. The van der Waals surface area contributed by atoms with Gasteiger partial charge in [-0.2, -0.15) is 0 Å². The zero-order chi connectivity index (χ0) is 19.3.